The number of halogens is 2. The van der Waals surface area contributed by atoms with Crippen LogP contribution < -0.4 is 10.6 Å². The molecule has 114 valence electrons. The highest BCUT2D eigenvalue weighted by molar-refractivity contribution is 5.86. The van der Waals surface area contributed by atoms with Gasteiger partial charge < -0.3 is 10.6 Å². The van der Waals surface area contributed by atoms with E-state index in [1.54, 1.807) is 12.4 Å². The number of piperidine rings is 1. The number of aromatic nitrogens is 1. The summed E-state index contributed by atoms with van der Waals surface area (Å²) in [7, 11) is 0. The second-order valence-electron chi connectivity index (χ2n) is 5.20. The minimum atomic E-state index is -0.422. The molecule has 0 spiro atoms. The summed E-state index contributed by atoms with van der Waals surface area (Å²) in [6, 6.07) is 3.86. The molecule has 1 saturated heterocycles. The Morgan fingerprint density at radius 2 is 2.20 bits per heavy atom. The maximum absolute atomic E-state index is 12.3. The van der Waals surface area contributed by atoms with E-state index in [1.165, 1.54) is 0 Å². The average molecular weight is 320 g/mol. The first-order valence-electron chi connectivity index (χ1n) is 6.58. The molecule has 0 bridgehead atoms. The van der Waals surface area contributed by atoms with Crippen LogP contribution in [0.4, 0.5) is 0 Å². The third kappa shape index (κ3) is 4.62. The summed E-state index contributed by atoms with van der Waals surface area (Å²) < 4.78 is 0. The van der Waals surface area contributed by atoms with E-state index in [1.807, 2.05) is 26.0 Å². The van der Waals surface area contributed by atoms with Crippen LogP contribution in [0.3, 0.4) is 0 Å². The topological polar surface area (TPSA) is 54.0 Å². The maximum Gasteiger partial charge on any atom is 0.240 e. The Hall–Kier alpha value is -0.840. The zero-order valence-corrected chi connectivity index (χ0v) is 13.5. The summed E-state index contributed by atoms with van der Waals surface area (Å²) in [6.07, 6.45) is 6.70. The number of carbonyl (C=O) groups excluding carboxylic acids is 1. The number of hydrogen-bond acceptors (Lipinski definition) is 3. The lowest BCUT2D eigenvalue weighted by Crippen LogP contribution is -2.57. The monoisotopic (exact) mass is 319 g/mol. The SMILES string of the molecule is C[C@H](NC(=O)C1(C)CCCCN1)c1cccnc1.Cl.Cl. The van der Waals surface area contributed by atoms with E-state index < -0.39 is 5.54 Å². The Kier molecular flexibility index (Phi) is 8.09. The van der Waals surface area contributed by atoms with Crippen molar-refractivity contribution in [2.45, 2.75) is 44.7 Å². The molecule has 2 heterocycles. The summed E-state index contributed by atoms with van der Waals surface area (Å²) >= 11 is 0. The summed E-state index contributed by atoms with van der Waals surface area (Å²) in [4.78, 5) is 16.4. The van der Waals surface area contributed by atoms with Crippen molar-refractivity contribution in [2.24, 2.45) is 0 Å². The van der Waals surface area contributed by atoms with E-state index in [2.05, 4.69) is 15.6 Å². The van der Waals surface area contributed by atoms with Crippen LogP contribution in [0.1, 0.15) is 44.7 Å². The molecule has 1 amide bonds. The van der Waals surface area contributed by atoms with E-state index in [0.29, 0.717) is 0 Å². The third-order valence-electron chi connectivity index (χ3n) is 3.65. The van der Waals surface area contributed by atoms with Crippen molar-refractivity contribution < 1.29 is 4.79 Å². The molecule has 1 unspecified atom stereocenters. The summed E-state index contributed by atoms with van der Waals surface area (Å²) in [5, 5.41) is 6.39. The van der Waals surface area contributed by atoms with Crippen LogP contribution in [-0.2, 0) is 4.79 Å². The molecule has 2 N–H and O–H groups in total. The molecule has 0 saturated carbocycles. The first-order chi connectivity index (χ1) is 8.62. The van der Waals surface area contributed by atoms with Gasteiger partial charge in [-0.15, -0.1) is 24.8 Å². The van der Waals surface area contributed by atoms with Crippen LogP contribution in [0.25, 0.3) is 0 Å². The van der Waals surface area contributed by atoms with Gasteiger partial charge in [0.05, 0.1) is 11.6 Å². The Morgan fingerprint density at radius 1 is 1.45 bits per heavy atom. The van der Waals surface area contributed by atoms with Crippen LogP contribution in [0.2, 0.25) is 0 Å². The number of rotatable bonds is 3. The van der Waals surface area contributed by atoms with Crippen molar-refractivity contribution in [2.75, 3.05) is 6.54 Å². The summed E-state index contributed by atoms with van der Waals surface area (Å²) in [5.74, 6) is 0.0820. The fourth-order valence-electron chi connectivity index (χ4n) is 2.32. The molecule has 2 atom stereocenters. The van der Waals surface area contributed by atoms with E-state index in [9.17, 15) is 4.79 Å². The van der Waals surface area contributed by atoms with Gasteiger partial charge in [-0.3, -0.25) is 9.78 Å². The molecule has 0 aliphatic carbocycles. The van der Waals surface area contributed by atoms with Crippen molar-refractivity contribution in [3.63, 3.8) is 0 Å². The molecule has 2 rings (SSSR count). The number of nitrogens with one attached hydrogen (secondary N) is 2. The zero-order valence-electron chi connectivity index (χ0n) is 11.9. The largest absolute Gasteiger partial charge is 0.348 e. The highest BCUT2D eigenvalue weighted by Gasteiger charge is 2.34. The predicted molar refractivity (Wildman–Crippen MR) is 85.5 cm³/mol. The number of amides is 1. The fourth-order valence-corrected chi connectivity index (χ4v) is 2.32. The first kappa shape index (κ1) is 19.2. The van der Waals surface area contributed by atoms with E-state index in [0.717, 1.165) is 31.4 Å². The van der Waals surface area contributed by atoms with Gasteiger partial charge in [-0.2, -0.15) is 0 Å². The zero-order chi connectivity index (χ0) is 13.0. The minimum absolute atomic E-state index is 0. The number of hydrogen-bond donors (Lipinski definition) is 2. The fraction of sp³-hybridized carbons (Fsp3) is 0.571. The van der Waals surface area contributed by atoms with Gasteiger partial charge >= 0.3 is 0 Å². The molecule has 1 aliphatic heterocycles. The van der Waals surface area contributed by atoms with Crippen LogP contribution in [0, 0.1) is 0 Å². The van der Waals surface area contributed by atoms with Crippen LogP contribution >= 0.6 is 24.8 Å². The van der Waals surface area contributed by atoms with E-state index in [-0.39, 0.29) is 36.8 Å². The first-order valence-corrected chi connectivity index (χ1v) is 6.58. The van der Waals surface area contributed by atoms with Gasteiger partial charge in [-0.25, -0.2) is 0 Å². The Bertz CT molecular complexity index is 408. The van der Waals surface area contributed by atoms with Gasteiger partial charge in [-0.1, -0.05) is 6.07 Å². The minimum Gasteiger partial charge on any atom is -0.348 e. The highest BCUT2D eigenvalue weighted by Crippen LogP contribution is 2.20. The quantitative estimate of drug-likeness (QED) is 0.900. The Morgan fingerprint density at radius 3 is 2.75 bits per heavy atom. The van der Waals surface area contributed by atoms with E-state index >= 15 is 0 Å². The van der Waals surface area contributed by atoms with Crippen molar-refractivity contribution in [1.29, 1.82) is 0 Å². The van der Waals surface area contributed by atoms with E-state index in [4.69, 9.17) is 0 Å². The van der Waals surface area contributed by atoms with Crippen molar-refractivity contribution in [3.8, 4) is 0 Å². The third-order valence-corrected chi connectivity index (χ3v) is 3.65. The van der Waals surface area contributed by atoms with Crippen molar-refractivity contribution >= 4 is 30.7 Å². The molecular formula is C14H23Cl2N3O. The number of pyridine rings is 1. The maximum atomic E-state index is 12.3. The molecule has 0 radical (unpaired) electrons. The normalized spacial score (nSPS) is 22.9. The summed E-state index contributed by atoms with van der Waals surface area (Å²) in [5.41, 5.74) is 0.611. The molecule has 1 aromatic rings. The van der Waals surface area contributed by atoms with Gasteiger partial charge in [-0.05, 0) is 51.3 Å². The molecule has 1 fully saturated rings. The van der Waals surface area contributed by atoms with Gasteiger partial charge in [0.2, 0.25) is 5.91 Å². The van der Waals surface area contributed by atoms with Gasteiger partial charge in [0, 0.05) is 12.4 Å². The van der Waals surface area contributed by atoms with Crippen molar-refractivity contribution in [1.82, 2.24) is 15.6 Å². The summed E-state index contributed by atoms with van der Waals surface area (Å²) in [6.45, 7) is 4.89. The highest BCUT2D eigenvalue weighted by atomic mass is 35.5. The second kappa shape index (κ2) is 8.45. The van der Waals surface area contributed by atoms with Gasteiger partial charge in [0.15, 0.2) is 0 Å². The Labute approximate surface area is 132 Å². The lowest BCUT2D eigenvalue weighted by Gasteiger charge is -2.34. The predicted octanol–water partition coefficient (Wildman–Crippen LogP) is 2.63. The molecular weight excluding hydrogens is 297 g/mol. The van der Waals surface area contributed by atoms with Gasteiger partial charge in [0.25, 0.3) is 0 Å². The number of carbonyl (C=O) groups is 1. The van der Waals surface area contributed by atoms with Crippen LogP contribution in [0.15, 0.2) is 24.5 Å². The molecule has 0 aromatic carbocycles. The molecule has 4 nitrogen and oxygen atoms in total. The molecule has 1 aromatic heterocycles. The van der Waals surface area contributed by atoms with Crippen molar-refractivity contribution in [3.05, 3.63) is 30.1 Å². The lowest BCUT2D eigenvalue weighted by molar-refractivity contribution is -0.128. The van der Waals surface area contributed by atoms with Crippen LogP contribution in [0.5, 0.6) is 0 Å². The number of nitrogens with zero attached hydrogens (tertiary/aromatic N) is 1. The molecule has 6 heteroatoms. The lowest BCUT2D eigenvalue weighted by atomic mass is 9.89. The standard InChI is InChI=1S/C14H21N3O.2ClH/c1-11(12-6-5-8-15-10-12)17-13(18)14(2)7-3-4-9-16-14;;/h5-6,8,10-11,16H,3-4,7,9H2,1-2H3,(H,17,18);2*1H/t11-,14?;;/m0../s1. The second-order valence-corrected chi connectivity index (χ2v) is 5.20. The molecule has 1 aliphatic rings. The van der Waals surface area contributed by atoms with Gasteiger partial charge in [0.1, 0.15) is 0 Å². The Balaban J connectivity index is 0.00000180. The van der Waals surface area contributed by atoms with Crippen LogP contribution in [-0.4, -0.2) is 23.0 Å². The molecule has 20 heavy (non-hydrogen) atoms. The smallest absolute Gasteiger partial charge is 0.240 e. The average Bonchev–Trinajstić information content (AvgIpc) is 2.40.